The summed E-state index contributed by atoms with van der Waals surface area (Å²) in [6, 6.07) is 8.39. The molecule has 2 atom stereocenters. The number of pyridine rings is 1. The number of hydrogen-bond acceptors (Lipinski definition) is 4. The van der Waals surface area contributed by atoms with Gasteiger partial charge in [0.1, 0.15) is 6.10 Å². The number of nitrogens with zero attached hydrogens (tertiary/aromatic N) is 2. The summed E-state index contributed by atoms with van der Waals surface area (Å²) in [4.78, 5) is 8.46. The van der Waals surface area contributed by atoms with Gasteiger partial charge in [0.15, 0.2) is 0 Å². The zero-order valence-corrected chi connectivity index (χ0v) is 13.3. The van der Waals surface area contributed by atoms with E-state index in [-0.39, 0.29) is 0 Å². The van der Waals surface area contributed by atoms with Gasteiger partial charge in [0.25, 0.3) is 0 Å². The fourth-order valence-electron chi connectivity index (χ4n) is 4.73. The van der Waals surface area contributed by atoms with Gasteiger partial charge in [-0.25, -0.2) is 4.98 Å². The molecule has 1 saturated carbocycles. The first-order valence-corrected chi connectivity index (χ1v) is 9.12. The lowest BCUT2D eigenvalue weighted by Gasteiger charge is -2.55. The molecule has 2 aromatic rings. The van der Waals surface area contributed by atoms with Crippen LogP contribution in [0.5, 0.6) is 5.88 Å². The predicted molar refractivity (Wildman–Crippen MR) is 88.1 cm³/mol. The van der Waals surface area contributed by atoms with Crippen LogP contribution in [0, 0.1) is 17.8 Å². The maximum atomic E-state index is 6.33. The standard InChI is InChI=1S/C18H20N2OS/c1-2-16(22-5-1)13-3-4-17(19-8-13)21-18-14-6-12-7-15(18)11-20(9-12)10-14/h1-5,8,12,14-15,18H,6-7,9-11H2/t12?,14-,15-,18?/m0/s1. The topological polar surface area (TPSA) is 25.4 Å². The predicted octanol–water partition coefficient (Wildman–Crippen LogP) is 3.53. The van der Waals surface area contributed by atoms with E-state index in [4.69, 9.17) is 4.74 Å². The highest BCUT2D eigenvalue weighted by Gasteiger charge is 2.48. The summed E-state index contributed by atoms with van der Waals surface area (Å²) in [5.41, 5.74) is 1.18. The molecule has 1 aliphatic carbocycles. The molecule has 4 fully saturated rings. The minimum absolute atomic E-state index is 0.382. The van der Waals surface area contributed by atoms with Crippen molar-refractivity contribution in [2.75, 3.05) is 19.6 Å². The first-order valence-electron chi connectivity index (χ1n) is 8.24. The number of aromatic nitrogens is 1. The molecular weight excluding hydrogens is 292 g/mol. The van der Waals surface area contributed by atoms with Crippen LogP contribution in [0.1, 0.15) is 12.8 Å². The Balaban J connectivity index is 1.34. The minimum atomic E-state index is 0.382. The van der Waals surface area contributed by atoms with Crippen LogP contribution in [0.4, 0.5) is 0 Å². The van der Waals surface area contributed by atoms with Gasteiger partial charge in [-0.3, -0.25) is 0 Å². The van der Waals surface area contributed by atoms with Crippen LogP contribution in [-0.2, 0) is 0 Å². The van der Waals surface area contributed by atoms with Crippen LogP contribution >= 0.6 is 11.3 Å². The third-order valence-electron chi connectivity index (χ3n) is 5.50. The second kappa shape index (κ2) is 5.07. The van der Waals surface area contributed by atoms with E-state index in [1.54, 1.807) is 11.3 Å². The smallest absolute Gasteiger partial charge is 0.213 e. The van der Waals surface area contributed by atoms with Crippen LogP contribution in [0.15, 0.2) is 35.8 Å². The lowest BCUT2D eigenvalue weighted by atomic mass is 9.66. The van der Waals surface area contributed by atoms with Gasteiger partial charge in [-0.15, -0.1) is 11.3 Å². The molecule has 3 aliphatic heterocycles. The van der Waals surface area contributed by atoms with E-state index in [1.165, 1.54) is 42.9 Å². The normalized spacial score (nSPS) is 35.7. The summed E-state index contributed by atoms with van der Waals surface area (Å²) in [5.74, 6) is 3.15. The Labute approximate surface area is 134 Å². The SMILES string of the molecule is c1csc(-c2ccc(OC3[C@H]4CC5C[C@H]3CN(C5)C4)nc2)c1. The molecule has 3 saturated heterocycles. The molecule has 5 heterocycles. The average Bonchev–Trinajstić information content (AvgIpc) is 3.05. The highest BCUT2D eigenvalue weighted by Crippen LogP contribution is 2.44. The van der Waals surface area contributed by atoms with Gasteiger partial charge in [-0.2, -0.15) is 0 Å². The maximum absolute atomic E-state index is 6.33. The molecule has 6 rings (SSSR count). The van der Waals surface area contributed by atoms with Crippen molar-refractivity contribution >= 4 is 11.3 Å². The van der Waals surface area contributed by atoms with Crippen molar-refractivity contribution < 1.29 is 4.74 Å². The van der Waals surface area contributed by atoms with E-state index in [0.717, 1.165) is 11.8 Å². The van der Waals surface area contributed by atoms with E-state index in [2.05, 4.69) is 33.5 Å². The fourth-order valence-corrected chi connectivity index (χ4v) is 5.45. The first-order chi connectivity index (χ1) is 10.8. The Morgan fingerprint density at radius 2 is 1.95 bits per heavy atom. The molecular formula is C18H20N2OS. The van der Waals surface area contributed by atoms with Gasteiger partial charge < -0.3 is 9.64 Å². The summed E-state index contributed by atoms with van der Waals surface area (Å²) in [6.07, 6.45) is 5.03. The quantitative estimate of drug-likeness (QED) is 0.867. The molecule has 4 bridgehead atoms. The van der Waals surface area contributed by atoms with Crippen molar-refractivity contribution in [2.24, 2.45) is 17.8 Å². The van der Waals surface area contributed by atoms with E-state index >= 15 is 0 Å². The lowest BCUT2D eigenvalue weighted by Crippen LogP contribution is -2.61. The third-order valence-corrected chi connectivity index (χ3v) is 6.42. The Morgan fingerprint density at radius 3 is 2.59 bits per heavy atom. The van der Waals surface area contributed by atoms with Crippen molar-refractivity contribution in [3.8, 4) is 16.3 Å². The summed E-state index contributed by atoms with van der Waals surface area (Å²) in [5, 5.41) is 2.10. The van der Waals surface area contributed by atoms with Crippen molar-refractivity contribution in [2.45, 2.75) is 18.9 Å². The zero-order chi connectivity index (χ0) is 14.5. The average molecular weight is 312 g/mol. The highest BCUT2D eigenvalue weighted by atomic mass is 32.1. The molecule has 114 valence electrons. The third kappa shape index (κ3) is 2.17. The van der Waals surface area contributed by atoms with Gasteiger partial charge in [0.2, 0.25) is 5.88 Å². The second-order valence-corrected chi connectivity index (χ2v) is 7.97. The van der Waals surface area contributed by atoms with Crippen LogP contribution < -0.4 is 4.74 Å². The number of thiophene rings is 1. The molecule has 4 heteroatoms. The molecule has 4 aliphatic rings. The number of rotatable bonds is 3. The molecule has 0 unspecified atom stereocenters. The van der Waals surface area contributed by atoms with E-state index in [9.17, 15) is 0 Å². The molecule has 2 aromatic heterocycles. The Bertz CT molecular complexity index is 624. The van der Waals surface area contributed by atoms with Crippen molar-refractivity contribution in [1.82, 2.24) is 9.88 Å². The molecule has 0 aromatic carbocycles. The van der Waals surface area contributed by atoms with Gasteiger partial charge in [-0.1, -0.05) is 6.07 Å². The summed E-state index contributed by atoms with van der Waals surface area (Å²) < 4.78 is 6.33. The van der Waals surface area contributed by atoms with E-state index in [1.807, 2.05) is 12.3 Å². The fraction of sp³-hybridized carbons (Fsp3) is 0.500. The zero-order valence-electron chi connectivity index (χ0n) is 12.5. The van der Waals surface area contributed by atoms with Crippen molar-refractivity contribution in [3.63, 3.8) is 0 Å². The van der Waals surface area contributed by atoms with Gasteiger partial charge in [0, 0.05) is 54.2 Å². The van der Waals surface area contributed by atoms with Crippen molar-refractivity contribution in [3.05, 3.63) is 35.8 Å². The first kappa shape index (κ1) is 13.1. The second-order valence-electron chi connectivity index (χ2n) is 7.02. The van der Waals surface area contributed by atoms with Crippen LogP contribution in [0.25, 0.3) is 10.4 Å². The molecule has 0 amide bonds. The van der Waals surface area contributed by atoms with Gasteiger partial charge >= 0.3 is 0 Å². The number of piperidine rings is 3. The monoisotopic (exact) mass is 312 g/mol. The lowest BCUT2D eigenvalue weighted by molar-refractivity contribution is -0.0997. The minimum Gasteiger partial charge on any atom is -0.474 e. The molecule has 0 N–H and O–H groups in total. The maximum Gasteiger partial charge on any atom is 0.213 e. The Morgan fingerprint density at radius 1 is 1.09 bits per heavy atom. The van der Waals surface area contributed by atoms with Crippen LogP contribution in [-0.4, -0.2) is 35.6 Å². The summed E-state index contributed by atoms with van der Waals surface area (Å²) >= 11 is 1.75. The molecule has 22 heavy (non-hydrogen) atoms. The molecule has 0 spiro atoms. The van der Waals surface area contributed by atoms with Gasteiger partial charge in [0.05, 0.1) is 0 Å². The van der Waals surface area contributed by atoms with E-state index in [0.29, 0.717) is 17.9 Å². The summed E-state index contributed by atoms with van der Waals surface area (Å²) in [7, 11) is 0. The van der Waals surface area contributed by atoms with Crippen molar-refractivity contribution in [1.29, 1.82) is 0 Å². The Kier molecular flexibility index (Phi) is 3.01. The summed E-state index contributed by atoms with van der Waals surface area (Å²) in [6.45, 7) is 3.78. The van der Waals surface area contributed by atoms with E-state index < -0.39 is 0 Å². The molecule has 3 nitrogen and oxygen atoms in total. The largest absolute Gasteiger partial charge is 0.474 e. The Hall–Kier alpha value is -1.39. The van der Waals surface area contributed by atoms with Crippen LogP contribution in [0.2, 0.25) is 0 Å². The number of ether oxygens (including phenoxy) is 1. The number of hydrogen-bond donors (Lipinski definition) is 0. The highest BCUT2D eigenvalue weighted by molar-refractivity contribution is 7.13. The van der Waals surface area contributed by atoms with Gasteiger partial charge in [-0.05, 0) is 36.3 Å². The molecule has 0 radical (unpaired) electrons. The van der Waals surface area contributed by atoms with Crippen LogP contribution in [0.3, 0.4) is 0 Å².